The van der Waals surface area contributed by atoms with Gasteiger partial charge in [0.15, 0.2) is 5.82 Å². The zero-order chi connectivity index (χ0) is 20.4. The smallest absolute Gasteiger partial charge is 0.269 e. The lowest BCUT2D eigenvalue weighted by atomic mass is 10.1. The summed E-state index contributed by atoms with van der Waals surface area (Å²) < 4.78 is 1.82. The number of piperazine rings is 1. The van der Waals surface area contributed by atoms with E-state index in [0.29, 0.717) is 12.5 Å². The largest absolute Gasteiger partial charge is 0.369 e. The zero-order valence-electron chi connectivity index (χ0n) is 16.7. The number of hydrogen-bond donors (Lipinski definition) is 0. The predicted octanol–water partition coefficient (Wildman–Crippen LogP) is 3.25. The first-order valence-corrected chi connectivity index (χ1v) is 9.69. The maximum Gasteiger partial charge on any atom is 0.269 e. The minimum absolute atomic E-state index is 0.0647. The van der Waals surface area contributed by atoms with Crippen molar-refractivity contribution < 1.29 is 4.92 Å². The lowest BCUT2D eigenvalue weighted by Gasteiger charge is -2.36. The van der Waals surface area contributed by atoms with Gasteiger partial charge < -0.3 is 4.90 Å². The highest BCUT2D eigenvalue weighted by molar-refractivity contribution is 5.57. The van der Waals surface area contributed by atoms with Crippen molar-refractivity contribution >= 4 is 11.4 Å². The zero-order valence-corrected chi connectivity index (χ0v) is 16.7. The summed E-state index contributed by atoms with van der Waals surface area (Å²) in [5.41, 5.74) is 4.84. The molecule has 0 N–H and O–H groups in total. The molecule has 150 valence electrons. The first-order chi connectivity index (χ1) is 14.0. The van der Waals surface area contributed by atoms with Crippen molar-refractivity contribution in [3.8, 4) is 11.4 Å². The van der Waals surface area contributed by atoms with Gasteiger partial charge in [0.2, 0.25) is 0 Å². The second-order valence-electron chi connectivity index (χ2n) is 7.38. The Hall–Kier alpha value is -3.26. The van der Waals surface area contributed by atoms with Gasteiger partial charge in [-0.2, -0.15) is 0 Å². The van der Waals surface area contributed by atoms with Crippen molar-refractivity contribution in [2.45, 2.75) is 20.5 Å². The second kappa shape index (κ2) is 8.00. The number of anilines is 1. The Morgan fingerprint density at radius 2 is 1.76 bits per heavy atom. The Morgan fingerprint density at radius 3 is 2.45 bits per heavy atom. The first-order valence-electron chi connectivity index (χ1n) is 9.69. The molecule has 1 saturated heterocycles. The lowest BCUT2D eigenvalue weighted by Crippen LogP contribution is -2.47. The molecule has 2 aromatic carbocycles. The Balaban J connectivity index is 1.36. The predicted molar refractivity (Wildman–Crippen MR) is 112 cm³/mol. The molecule has 0 atom stereocenters. The van der Waals surface area contributed by atoms with Crippen LogP contribution in [0.25, 0.3) is 11.4 Å². The first kappa shape index (κ1) is 19.1. The number of nitro benzene ring substituents is 1. The molecular formula is C21H24N6O2. The van der Waals surface area contributed by atoms with Crippen LogP contribution in [0.5, 0.6) is 0 Å². The van der Waals surface area contributed by atoms with Crippen LogP contribution in [0.1, 0.15) is 11.1 Å². The lowest BCUT2D eigenvalue weighted by molar-refractivity contribution is -0.384. The summed E-state index contributed by atoms with van der Waals surface area (Å²) in [5, 5.41) is 15.3. The molecule has 0 unspecified atom stereocenters. The topological polar surface area (TPSA) is 80.3 Å². The molecule has 1 fully saturated rings. The monoisotopic (exact) mass is 392 g/mol. The normalized spacial score (nSPS) is 14.9. The molecule has 0 aliphatic carbocycles. The number of hydrogen-bond acceptors (Lipinski definition) is 6. The van der Waals surface area contributed by atoms with E-state index in [1.165, 1.54) is 28.9 Å². The summed E-state index contributed by atoms with van der Waals surface area (Å²) >= 11 is 0. The summed E-state index contributed by atoms with van der Waals surface area (Å²) in [5.74, 6) is 0.578. The van der Waals surface area contributed by atoms with Crippen LogP contribution >= 0.6 is 0 Å². The molecule has 29 heavy (non-hydrogen) atoms. The summed E-state index contributed by atoms with van der Waals surface area (Å²) in [4.78, 5) is 19.5. The summed E-state index contributed by atoms with van der Waals surface area (Å²) in [6, 6.07) is 12.8. The maximum absolute atomic E-state index is 10.8. The van der Waals surface area contributed by atoms with E-state index in [-0.39, 0.29) is 5.69 Å². The van der Waals surface area contributed by atoms with Gasteiger partial charge in [-0.15, -0.1) is 5.10 Å². The van der Waals surface area contributed by atoms with Crippen LogP contribution in [0.4, 0.5) is 11.4 Å². The van der Waals surface area contributed by atoms with Crippen LogP contribution in [-0.2, 0) is 6.67 Å². The Morgan fingerprint density at radius 1 is 1.03 bits per heavy atom. The van der Waals surface area contributed by atoms with E-state index in [2.05, 4.69) is 51.9 Å². The van der Waals surface area contributed by atoms with Gasteiger partial charge in [-0.3, -0.25) is 15.0 Å². The van der Waals surface area contributed by atoms with E-state index in [9.17, 15) is 10.1 Å². The molecule has 4 rings (SSSR count). The van der Waals surface area contributed by atoms with E-state index >= 15 is 0 Å². The molecule has 1 aliphatic heterocycles. The molecule has 0 radical (unpaired) electrons. The van der Waals surface area contributed by atoms with Crippen LogP contribution < -0.4 is 4.90 Å². The van der Waals surface area contributed by atoms with Crippen LogP contribution in [-0.4, -0.2) is 50.8 Å². The van der Waals surface area contributed by atoms with Crippen molar-refractivity contribution in [1.29, 1.82) is 0 Å². The van der Waals surface area contributed by atoms with Gasteiger partial charge in [0, 0.05) is 49.6 Å². The minimum Gasteiger partial charge on any atom is -0.369 e. The van der Waals surface area contributed by atoms with Crippen LogP contribution in [0, 0.1) is 24.0 Å². The molecule has 1 aromatic heterocycles. The number of nitrogens with zero attached hydrogens (tertiary/aromatic N) is 6. The second-order valence-corrected chi connectivity index (χ2v) is 7.38. The molecule has 0 saturated carbocycles. The van der Waals surface area contributed by atoms with E-state index < -0.39 is 4.92 Å². The van der Waals surface area contributed by atoms with E-state index in [0.717, 1.165) is 31.7 Å². The Bertz CT molecular complexity index is 1010. The molecule has 8 heteroatoms. The molecule has 0 bridgehead atoms. The van der Waals surface area contributed by atoms with Crippen molar-refractivity contribution in [1.82, 2.24) is 19.7 Å². The van der Waals surface area contributed by atoms with Crippen LogP contribution in [0.15, 0.2) is 48.8 Å². The van der Waals surface area contributed by atoms with Gasteiger partial charge in [0.1, 0.15) is 6.33 Å². The van der Waals surface area contributed by atoms with Gasteiger partial charge in [0.05, 0.1) is 11.6 Å². The number of aromatic nitrogens is 3. The van der Waals surface area contributed by atoms with Crippen LogP contribution in [0.2, 0.25) is 0 Å². The summed E-state index contributed by atoms with van der Waals surface area (Å²) in [6.07, 6.45) is 1.72. The molecule has 0 spiro atoms. The summed E-state index contributed by atoms with van der Waals surface area (Å²) in [6.45, 7) is 8.90. The van der Waals surface area contributed by atoms with E-state index in [4.69, 9.17) is 0 Å². The fraction of sp³-hybridized carbons (Fsp3) is 0.333. The highest BCUT2D eigenvalue weighted by Crippen LogP contribution is 2.24. The third kappa shape index (κ3) is 4.12. The highest BCUT2D eigenvalue weighted by Gasteiger charge is 2.19. The van der Waals surface area contributed by atoms with Crippen molar-refractivity contribution in [3.05, 3.63) is 70.0 Å². The molecule has 0 amide bonds. The van der Waals surface area contributed by atoms with E-state index in [1.54, 1.807) is 18.5 Å². The number of nitro groups is 1. The van der Waals surface area contributed by atoms with Crippen molar-refractivity contribution in [2.75, 3.05) is 31.1 Å². The number of aryl methyl sites for hydroxylation is 1. The fourth-order valence-corrected chi connectivity index (χ4v) is 3.64. The Labute approximate surface area is 169 Å². The SMILES string of the molecule is Cc1cccc(N2CCN(Cn3cnc(-c4ccc([N+](=O)[O-])cc4)n3)CC2)c1C. The number of non-ortho nitro benzene ring substituents is 1. The van der Waals surface area contributed by atoms with Gasteiger partial charge in [-0.05, 0) is 43.2 Å². The molecule has 2 heterocycles. The average molecular weight is 392 g/mol. The van der Waals surface area contributed by atoms with Gasteiger partial charge in [0.25, 0.3) is 5.69 Å². The quantitative estimate of drug-likeness (QED) is 0.490. The Kier molecular flexibility index (Phi) is 5.26. The van der Waals surface area contributed by atoms with Gasteiger partial charge in [-0.25, -0.2) is 9.67 Å². The third-order valence-corrected chi connectivity index (χ3v) is 5.51. The minimum atomic E-state index is -0.409. The summed E-state index contributed by atoms with van der Waals surface area (Å²) in [7, 11) is 0. The number of rotatable bonds is 5. The highest BCUT2D eigenvalue weighted by atomic mass is 16.6. The maximum atomic E-state index is 10.8. The molecule has 8 nitrogen and oxygen atoms in total. The van der Waals surface area contributed by atoms with Gasteiger partial charge in [-0.1, -0.05) is 12.1 Å². The average Bonchev–Trinajstić information content (AvgIpc) is 3.19. The number of benzene rings is 2. The van der Waals surface area contributed by atoms with Crippen LogP contribution in [0.3, 0.4) is 0 Å². The standard InChI is InChI=1S/C21H24N6O2/c1-16-4-3-5-20(17(16)2)25-12-10-24(11-13-25)15-26-14-22-21(23-26)18-6-8-19(9-7-18)27(28)29/h3-9,14H,10-13,15H2,1-2H3. The molecule has 1 aliphatic rings. The van der Waals surface area contributed by atoms with Gasteiger partial charge >= 0.3 is 0 Å². The third-order valence-electron chi connectivity index (χ3n) is 5.51. The van der Waals surface area contributed by atoms with Crippen molar-refractivity contribution in [2.24, 2.45) is 0 Å². The van der Waals surface area contributed by atoms with E-state index in [1.807, 2.05) is 4.68 Å². The molecule has 3 aromatic rings. The fourth-order valence-electron chi connectivity index (χ4n) is 3.64. The molecular weight excluding hydrogens is 368 g/mol. The van der Waals surface area contributed by atoms with Crippen molar-refractivity contribution in [3.63, 3.8) is 0 Å².